The van der Waals surface area contributed by atoms with Crippen LogP contribution in [0.3, 0.4) is 0 Å². The number of pyridine rings is 1. The lowest BCUT2D eigenvalue weighted by atomic mass is 10.0. The fourth-order valence-corrected chi connectivity index (χ4v) is 4.40. The van der Waals surface area contributed by atoms with Crippen LogP contribution >= 0.6 is 0 Å². The van der Waals surface area contributed by atoms with Gasteiger partial charge in [-0.25, -0.2) is 24.2 Å². The number of likely N-dealkylation sites (tertiary alicyclic amines) is 1. The molecule has 11 heteroatoms. The largest absolute Gasteiger partial charge is 0.476 e. The van der Waals surface area contributed by atoms with E-state index in [1.807, 2.05) is 13.0 Å². The Bertz CT molecular complexity index is 1360. The fourth-order valence-electron chi connectivity index (χ4n) is 4.40. The Kier molecular flexibility index (Phi) is 7.38. The van der Waals surface area contributed by atoms with Crippen molar-refractivity contribution in [1.82, 2.24) is 19.5 Å². The summed E-state index contributed by atoms with van der Waals surface area (Å²) in [6.45, 7) is 7.71. The molecule has 4 N–H and O–H groups in total. The molecule has 1 aliphatic heterocycles. The lowest BCUT2D eigenvalue weighted by Gasteiger charge is -2.36. The second kappa shape index (κ2) is 10.5. The third kappa shape index (κ3) is 5.77. The van der Waals surface area contributed by atoms with E-state index in [0.717, 1.165) is 23.1 Å². The lowest BCUT2D eigenvalue weighted by Crippen LogP contribution is -2.43. The third-order valence-electron chi connectivity index (χ3n) is 6.15. The number of hydrogen-bond donors (Lipinski definition) is 3. The first-order valence-electron chi connectivity index (χ1n) is 12.4. The Labute approximate surface area is 220 Å². The number of anilines is 1. The Balaban J connectivity index is 1.64. The number of amides is 2. The number of imidazole rings is 1. The van der Waals surface area contributed by atoms with Gasteiger partial charge in [-0.1, -0.05) is 12.1 Å². The first kappa shape index (κ1) is 26.6. The minimum absolute atomic E-state index is 0.150. The molecule has 0 spiro atoms. The maximum absolute atomic E-state index is 12.9. The number of hydrogen-bond acceptors (Lipinski definition) is 7. The highest BCUT2D eigenvalue weighted by molar-refractivity contribution is 6.04. The Morgan fingerprint density at radius 3 is 2.47 bits per heavy atom. The molecule has 0 unspecified atom stereocenters. The smallest absolute Gasteiger partial charge is 0.410 e. The average molecular weight is 521 g/mol. The molecule has 0 radical (unpaired) electrons. The van der Waals surface area contributed by atoms with Gasteiger partial charge in [-0.15, -0.1) is 0 Å². The van der Waals surface area contributed by atoms with E-state index in [1.54, 1.807) is 62.2 Å². The van der Waals surface area contributed by atoms with Crippen molar-refractivity contribution in [3.8, 4) is 11.3 Å². The van der Waals surface area contributed by atoms with Crippen molar-refractivity contribution in [1.29, 1.82) is 0 Å². The number of aromatic nitrogens is 3. The summed E-state index contributed by atoms with van der Waals surface area (Å²) in [5.41, 5.74) is 1.05. The van der Waals surface area contributed by atoms with Crippen LogP contribution in [0.4, 0.5) is 10.6 Å². The van der Waals surface area contributed by atoms with Gasteiger partial charge in [0.25, 0.3) is 5.91 Å². The molecular weight excluding hydrogens is 488 g/mol. The maximum atomic E-state index is 12.9. The zero-order valence-electron chi connectivity index (χ0n) is 21.9. The number of carboxylic acids is 1. The number of piperidine rings is 1. The van der Waals surface area contributed by atoms with Gasteiger partial charge in [-0.05, 0) is 76.8 Å². The molecule has 0 bridgehead atoms. The summed E-state index contributed by atoms with van der Waals surface area (Å²) in [4.78, 5) is 48.1. The number of carbonyl (C=O) groups excluding carboxylic acids is 2. The highest BCUT2D eigenvalue weighted by Crippen LogP contribution is 2.34. The quantitative estimate of drug-likeness (QED) is 0.419. The van der Waals surface area contributed by atoms with Crippen molar-refractivity contribution in [2.45, 2.75) is 58.6 Å². The molecule has 0 aliphatic carbocycles. The summed E-state index contributed by atoms with van der Waals surface area (Å²) >= 11 is 0. The van der Waals surface area contributed by atoms with Gasteiger partial charge in [-0.3, -0.25) is 9.69 Å². The van der Waals surface area contributed by atoms with E-state index >= 15 is 0 Å². The van der Waals surface area contributed by atoms with Gasteiger partial charge in [-0.2, -0.15) is 0 Å². The van der Waals surface area contributed by atoms with Crippen molar-refractivity contribution in [3.05, 3.63) is 65.2 Å². The second-order valence-corrected chi connectivity index (χ2v) is 10.3. The van der Waals surface area contributed by atoms with Gasteiger partial charge in [0.05, 0.1) is 6.04 Å². The van der Waals surface area contributed by atoms with Gasteiger partial charge in [0, 0.05) is 23.9 Å². The van der Waals surface area contributed by atoms with Crippen LogP contribution < -0.4 is 11.2 Å². The van der Waals surface area contributed by atoms with Crippen molar-refractivity contribution < 1.29 is 24.2 Å². The molecule has 2 aromatic heterocycles. The molecule has 1 aromatic carbocycles. The van der Waals surface area contributed by atoms with Crippen molar-refractivity contribution in [2.24, 2.45) is 0 Å². The molecule has 38 heavy (non-hydrogen) atoms. The number of aryl methyl sites for hydroxylation is 1. The normalized spacial score (nSPS) is 15.7. The number of carboxylic acid groups (broad SMARTS) is 1. The van der Waals surface area contributed by atoms with Crippen LogP contribution in [0.2, 0.25) is 0 Å². The van der Waals surface area contributed by atoms with Crippen molar-refractivity contribution in [2.75, 3.05) is 17.7 Å². The first-order chi connectivity index (χ1) is 17.9. The topological polar surface area (TPSA) is 153 Å². The zero-order chi connectivity index (χ0) is 27.6. The van der Waals surface area contributed by atoms with Crippen LogP contribution in [0.25, 0.3) is 11.3 Å². The van der Waals surface area contributed by atoms with E-state index in [4.69, 9.17) is 10.6 Å². The van der Waals surface area contributed by atoms with Crippen LogP contribution in [-0.2, 0) is 4.74 Å². The zero-order valence-corrected chi connectivity index (χ0v) is 21.9. The summed E-state index contributed by atoms with van der Waals surface area (Å²) in [6, 6.07) is 9.43. The number of aromatic carboxylic acids is 1. The molecule has 200 valence electrons. The molecule has 1 saturated heterocycles. The molecule has 1 fully saturated rings. The van der Waals surface area contributed by atoms with Crippen molar-refractivity contribution >= 4 is 23.8 Å². The predicted octanol–water partition coefficient (Wildman–Crippen LogP) is 4.38. The van der Waals surface area contributed by atoms with E-state index in [1.165, 1.54) is 0 Å². The predicted molar refractivity (Wildman–Crippen MR) is 141 cm³/mol. The van der Waals surface area contributed by atoms with Gasteiger partial charge >= 0.3 is 12.1 Å². The summed E-state index contributed by atoms with van der Waals surface area (Å²) in [5.74, 6) is 5.34. The molecule has 1 aliphatic rings. The number of nitrogens with zero attached hydrogens (tertiary/aromatic N) is 4. The molecular formula is C27H32N6O5. The lowest BCUT2D eigenvalue weighted by molar-refractivity contribution is 0.00821. The van der Waals surface area contributed by atoms with Gasteiger partial charge in [0.1, 0.15) is 17.1 Å². The number of ether oxygens (including phenoxy) is 1. The maximum Gasteiger partial charge on any atom is 0.410 e. The number of benzene rings is 1. The average Bonchev–Trinajstić information content (AvgIpc) is 3.20. The highest BCUT2D eigenvalue weighted by Gasteiger charge is 2.36. The van der Waals surface area contributed by atoms with E-state index in [2.05, 4.69) is 15.3 Å². The van der Waals surface area contributed by atoms with Crippen LogP contribution in [0.15, 0.2) is 42.6 Å². The van der Waals surface area contributed by atoms with Crippen molar-refractivity contribution in [3.63, 3.8) is 0 Å². The van der Waals surface area contributed by atoms with Gasteiger partial charge in [0.2, 0.25) is 0 Å². The summed E-state index contributed by atoms with van der Waals surface area (Å²) in [6.07, 6.45) is 3.30. The van der Waals surface area contributed by atoms with Gasteiger partial charge < -0.3 is 21.0 Å². The fraction of sp³-hybridized carbons (Fsp3) is 0.370. The summed E-state index contributed by atoms with van der Waals surface area (Å²) in [7, 11) is 0. The first-order valence-corrected chi connectivity index (χ1v) is 12.4. The number of carbonyl (C=O) groups is 3. The van der Waals surface area contributed by atoms with Gasteiger partial charge in [0.15, 0.2) is 11.5 Å². The molecule has 2 amide bonds. The monoisotopic (exact) mass is 520 g/mol. The van der Waals surface area contributed by atoms with E-state index in [0.29, 0.717) is 29.9 Å². The molecule has 4 rings (SSSR count). The molecule has 0 saturated carbocycles. The Hall–Kier alpha value is -4.41. The standard InChI is InChI=1S/C27H32N6O5/c1-16-12-13-29-20(15-16)30-24(34)18-10-8-17(9-11-18)21-22(25(35)36)33(28)23(31-21)19-7-5-6-14-32(19)26(37)38-27(2,3)4/h8-13,15,19H,5-7,14,28H2,1-4H3,(H,35,36)(H,29,30,34)/t19-/m0/s1. The molecule has 3 heterocycles. The number of nitrogen functional groups attached to an aromatic ring is 1. The molecule has 3 aromatic rings. The minimum atomic E-state index is -1.26. The van der Waals surface area contributed by atoms with Crippen LogP contribution in [0, 0.1) is 6.92 Å². The highest BCUT2D eigenvalue weighted by atomic mass is 16.6. The second-order valence-electron chi connectivity index (χ2n) is 10.3. The third-order valence-corrected chi connectivity index (χ3v) is 6.15. The minimum Gasteiger partial charge on any atom is -0.476 e. The van der Waals surface area contributed by atoms with E-state index in [-0.39, 0.29) is 23.1 Å². The van der Waals surface area contributed by atoms with E-state index < -0.39 is 23.7 Å². The van der Waals surface area contributed by atoms with E-state index in [9.17, 15) is 19.5 Å². The summed E-state index contributed by atoms with van der Waals surface area (Å²) in [5, 5.41) is 12.7. The number of nitrogens with one attached hydrogen (secondary N) is 1. The number of nitrogens with two attached hydrogens (primary N) is 1. The van der Waals surface area contributed by atoms with Crippen LogP contribution in [-0.4, -0.2) is 54.8 Å². The SMILES string of the molecule is Cc1ccnc(NC(=O)c2ccc(-c3nc([C@@H]4CCCCN4C(=O)OC(C)(C)C)n(N)c3C(=O)O)cc2)c1. The summed E-state index contributed by atoms with van der Waals surface area (Å²) < 4.78 is 6.61. The molecule has 11 nitrogen and oxygen atoms in total. The number of rotatable bonds is 5. The Morgan fingerprint density at radius 2 is 1.84 bits per heavy atom. The Morgan fingerprint density at radius 1 is 1.13 bits per heavy atom. The van der Waals surface area contributed by atoms with Crippen LogP contribution in [0.5, 0.6) is 0 Å². The molecule has 1 atom stereocenters. The van der Waals surface area contributed by atoms with Crippen LogP contribution in [0.1, 0.15) is 78.3 Å².